The lowest BCUT2D eigenvalue weighted by Crippen LogP contribution is -2.33. The largest absolute Gasteiger partial charge is 0.348 e. The van der Waals surface area contributed by atoms with Crippen molar-refractivity contribution >= 4 is 17.7 Å². The van der Waals surface area contributed by atoms with Crippen molar-refractivity contribution in [2.45, 2.75) is 42.6 Å². The van der Waals surface area contributed by atoms with Gasteiger partial charge in [0.15, 0.2) is 10.9 Å². The predicted octanol–water partition coefficient (Wildman–Crippen LogP) is 3.02. The van der Waals surface area contributed by atoms with Gasteiger partial charge in [-0.3, -0.25) is 4.79 Å². The van der Waals surface area contributed by atoms with E-state index >= 15 is 0 Å². The summed E-state index contributed by atoms with van der Waals surface area (Å²) in [5.74, 6) is 0.341. The van der Waals surface area contributed by atoms with Crippen molar-refractivity contribution in [1.82, 2.24) is 30.3 Å². The molecule has 1 aromatic carbocycles. The molecule has 0 atom stereocenters. The van der Waals surface area contributed by atoms with Crippen LogP contribution in [0.2, 0.25) is 0 Å². The van der Waals surface area contributed by atoms with Crippen molar-refractivity contribution in [3.05, 3.63) is 60.2 Å². The quantitative estimate of drug-likeness (QED) is 0.523. The molecule has 4 rings (SSSR count). The van der Waals surface area contributed by atoms with Crippen LogP contribution in [0.3, 0.4) is 0 Å². The van der Waals surface area contributed by atoms with E-state index < -0.39 is 0 Å². The molecule has 0 bridgehead atoms. The van der Waals surface area contributed by atoms with Crippen molar-refractivity contribution in [2.75, 3.05) is 0 Å². The summed E-state index contributed by atoms with van der Waals surface area (Å²) in [5.41, 5.74) is 1.98. The van der Waals surface area contributed by atoms with Crippen LogP contribution in [0.15, 0.2) is 53.9 Å². The van der Waals surface area contributed by atoms with E-state index in [0.717, 1.165) is 37.1 Å². The third kappa shape index (κ3) is 4.16. The van der Waals surface area contributed by atoms with Gasteiger partial charge in [0.2, 0.25) is 0 Å². The molecule has 27 heavy (non-hydrogen) atoms. The number of hydrogen-bond donors (Lipinski definition) is 1. The molecule has 0 spiro atoms. The Balaban J connectivity index is 1.61. The lowest BCUT2D eigenvalue weighted by atomic mass is 10.2. The number of benzene rings is 1. The first-order chi connectivity index (χ1) is 13.3. The molecule has 7 nitrogen and oxygen atoms in total. The molecule has 3 aromatic rings. The molecule has 2 aromatic heterocycles. The monoisotopic (exact) mass is 380 g/mol. The molecule has 0 aliphatic heterocycles. The summed E-state index contributed by atoms with van der Waals surface area (Å²) in [7, 11) is 0. The Labute approximate surface area is 161 Å². The van der Waals surface area contributed by atoms with Gasteiger partial charge >= 0.3 is 0 Å². The first-order valence-corrected chi connectivity index (χ1v) is 10.0. The van der Waals surface area contributed by atoms with Crippen LogP contribution in [0.25, 0.3) is 5.69 Å². The van der Waals surface area contributed by atoms with Crippen LogP contribution in [-0.4, -0.2) is 36.9 Å². The SMILES string of the molecule is O=C(NC1CCCC1)c1nnn(-c2ccccc2)c1CSc1ncccn1. The van der Waals surface area contributed by atoms with Crippen LogP contribution in [0.1, 0.15) is 41.9 Å². The topological polar surface area (TPSA) is 85.6 Å². The van der Waals surface area contributed by atoms with Gasteiger partial charge in [-0.15, -0.1) is 5.10 Å². The van der Waals surface area contributed by atoms with Gasteiger partial charge in [0.1, 0.15) is 0 Å². The minimum Gasteiger partial charge on any atom is -0.348 e. The lowest BCUT2D eigenvalue weighted by Gasteiger charge is -2.12. The highest BCUT2D eigenvalue weighted by Crippen LogP contribution is 2.23. The molecule has 1 amide bonds. The Morgan fingerprint density at radius 2 is 1.85 bits per heavy atom. The molecule has 1 fully saturated rings. The van der Waals surface area contributed by atoms with E-state index in [4.69, 9.17) is 0 Å². The number of aromatic nitrogens is 5. The number of hydrogen-bond acceptors (Lipinski definition) is 6. The van der Waals surface area contributed by atoms with Crippen LogP contribution >= 0.6 is 11.8 Å². The highest BCUT2D eigenvalue weighted by Gasteiger charge is 2.24. The molecule has 0 saturated heterocycles. The third-order valence-electron chi connectivity index (χ3n) is 4.55. The van der Waals surface area contributed by atoms with Crippen LogP contribution in [0, 0.1) is 0 Å². The molecule has 1 aliphatic rings. The average molecular weight is 380 g/mol. The molecule has 2 heterocycles. The summed E-state index contributed by atoms with van der Waals surface area (Å²) in [6.07, 6.45) is 7.79. The number of nitrogens with one attached hydrogen (secondary N) is 1. The first-order valence-electron chi connectivity index (χ1n) is 9.02. The van der Waals surface area contributed by atoms with E-state index in [0.29, 0.717) is 16.6 Å². The van der Waals surface area contributed by atoms with Crippen LogP contribution < -0.4 is 5.32 Å². The maximum atomic E-state index is 12.8. The van der Waals surface area contributed by atoms with Crippen molar-refractivity contribution in [1.29, 1.82) is 0 Å². The zero-order chi connectivity index (χ0) is 18.5. The molecule has 0 unspecified atom stereocenters. The van der Waals surface area contributed by atoms with Gasteiger partial charge in [-0.05, 0) is 31.0 Å². The van der Waals surface area contributed by atoms with E-state index in [9.17, 15) is 4.79 Å². The van der Waals surface area contributed by atoms with Gasteiger partial charge in [-0.25, -0.2) is 14.6 Å². The summed E-state index contributed by atoms with van der Waals surface area (Å²) >= 11 is 1.46. The standard InChI is InChI=1S/C19H20N6OS/c26-18(22-14-7-4-5-8-14)17-16(13-27-19-20-11-6-12-21-19)25(24-23-17)15-9-2-1-3-10-15/h1-3,6,9-12,14H,4-5,7-8,13H2,(H,22,26). The zero-order valence-electron chi connectivity index (χ0n) is 14.8. The Kier molecular flexibility index (Phi) is 5.43. The van der Waals surface area contributed by atoms with Crippen LogP contribution in [0.4, 0.5) is 0 Å². The molecular weight excluding hydrogens is 360 g/mol. The lowest BCUT2D eigenvalue weighted by molar-refractivity contribution is 0.0932. The summed E-state index contributed by atoms with van der Waals surface area (Å²) < 4.78 is 1.72. The Morgan fingerprint density at radius 3 is 2.59 bits per heavy atom. The molecule has 1 N–H and O–H groups in total. The number of amides is 1. The van der Waals surface area contributed by atoms with Crippen molar-refractivity contribution in [3.8, 4) is 5.69 Å². The van der Waals surface area contributed by atoms with E-state index in [-0.39, 0.29) is 11.9 Å². The summed E-state index contributed by atoms with van der Waals surface area (Å²) in [6, 6.07) is 11.7. The second-order valence-electron chi connectivity index (χ2n) is 6.41. The number of thioether (sulfide) groups is 1. The van der Waals surface area contributed by atoms with E-state index in [1.54, 1.807) is 23.1 Å². The van der Waals surface area contributed by atoms with E-state index in [2.05, 4.69) is 25.6 Å². The van der Waals surface area contributed by atoms with Crippen molar-refractivity contribution in [3.63, 3.8) is 0 Å². The Bertz CT molecular complexity index is 893. The smallest absolute Gasteiger partial charge is 0.274 e. The van der Waals surface area contributed by atoms with Gasteiger partial charge in [0.05, 0.1) is 11.4 Å². The first kappa shape index (κ1) is 17.7. The maximum absolute atomic E-state index is 12.8. The van der Waals surface area contributed by atoms with Crippen LogP contribution in [-0.2, 0) is 5.75 Å². The predicted molar refractivity (Wildman–Crippen MR) is 103 cm³/mol. The molecule has 1 aliphatic carbocycles. The number of rotatable bonds is 6. The summed E-state index contributed by atoms with van der Waals surface area (Å²) in [4.78, 5) is 21.3. The Hall–Kier alpha value is -2.74. The molecule has 138 valence electrons. The highest BCUT2D eigenvalue weighted by molar-refractivity contribution is 7.98. The van der Waals surface area contributed by atoms with Gasteiger partial charge in [-0.1, -0.05) is 48.0 Å². The highest BCUT2D eigenvalue weighted by atomic mass is 32.2. The maximum Gasteiger partial charge on any atom is 0.274 e. The van der Waals surface area contributed by atoms with Crippen molar-refractivity contribution in [2.24, 2.45) is 0 Å². The normalized spacial score (nSPS) is 14.4. The zero-order valence-corrected chi connectivity index (χ0v) is 15.6. The fourth-order valence-electron chi connectivity index (χ4n) is 3.20. The minimum atomic E-state index is -0.159. The fourth-order valence-corrected chi connectivity index (χ4v) is 4.00. The number of nitrogens with zero attached hydrogens (tertiary/aromatic N) is 5. The third-order valence-corrected chi connectivity index (χ3v) is 5.44. The molecular formula is C19H20N6OS. The number of para-hydroxylation sites is 1. The van der Waals surface area contributed by atoms with Gasteiger partial charge < -0.3 is 5.32 Å². The average Bonchev–Trinajstić information content (AvgIpc) is 3.37. The number of carbonyl (C=O) groups excluding carboxylic acids is 1. The molecule has 0 radical (unpaired) electrons. The second kappa shape index (κ2) is 8.30. The fraction of sp³-hybridized carbons (Fsp3) is 0.316. The summed E-state index contributed by atoms with van der Waals surface area (Å²) in [5, 5.41) is 12.2. The van der Waals surface area contributed by atoms with E-state index in [1.165, 1.54) is 11.8 Å². The van der Waals surface area contributed by atoms with Crippen LogP contribution in [0.5, 0.6) is 0 Å². The van der Waals surface area contributed by atoms with Crippen molar-refractivity contribution < 1.29 is 4.79 Å². The second-order valence-corrected chi connectivity index (χ2v) is 7.35. The summed E-state index contributed by atoms with van der Waals surface area (Å²) in [6.45, 7) is 0. The Morgan fingerprint density at radius 1 is 1.11 bits per heavy atom. The molecule has 1 saturated carbocycles. The molecule has 8 heteroatoms. The van der Waals surface area contributed by atoms with E-state index in [1.807, 2.05) is 30.3 Å². The van der Waals surface area contributed by atoms with Gasteiger partial charge in [-0.2, -0.15) is 0 Å². The minimum absolute atomic E-state index is 0.159. The van der Waals surface area contributed by atoms with Gasteiger partial charge in [0.25, 0.3) is 5.91 Å². The van der Waals surface area contributed by atoms with Gasteiger partial charge in [0, 0.05) is 24.2 Å². The number of carbonyl (C=O) groups is 1.